The van der Waals surface area contributed by atoms with Gasteiger partial charge >= 0.3 is 12.4 Å². The molecule has 0 saturated carbocycles. The minimum atomic E-state index is -4.82. The van der Waals surface area contributed by atoms with Gasteiger partial charge in [0.1, 0.15) is 17.8 Å². The van der Waals surface area contributed by atoms with E-state index < -0.39 is 42.0 Å². The summed E-state index contributed by atoms with van der Waals surface area (Å²) in [6.07, 6.45) is -4.82. The van der Waals surface area contributed by atoms with Crippen molar-refractivity contribution in [2.75, 3.05) is 11.9 Å². The maximum Gasteiger partial charge on any atom is 0.573 e. The first-order chi connectivity index (χ1) is 13.6. The van der Waals surface area contributed by atoms with Crippen LogP contribution in [-0.4, -0.2) is 35.7 Å². The highest BCUT2D eigenvalue weighted by molar-refractivity contribution is 6.10. The van der Waals surface area contributed by atoms with Crippen LogP contribution in [0.4, 0.5) is 23.7 Å². The van der Waals surface area contributed by atoms with Crippen molar-refractivity contribution in [3.63, 3.8) is 0 Å². The second-order valence-electron chi connectivity index (χ2n) is 6.43. The molecule has 0 unspecified atom stereocenters. The number of amides is 4. The molecule has 1 saturated heterocycles. The zero-order valence-corrected chi connectivity index (χ0v) is 15.1. The van der Waals surface area contributed by atoms with Crippen molar-refractivity contribution in [2.24, 2.45) is 0 Å². The average molecular weight is 407 g/mol. The molecule has 1 fully saturated rings. The summed E-state index contributed by atoms with van der Waals surface area (Å²) >= 11 is 0. The Balaban J connectivity index is 1.65. The van der Waals surface area contributed by atoms with Gasteiger partial charge in [-0.05, 0) is 36.8 Å². The number of hydrogen-bond donors (Lipinski definition) is 2. The maximum absolute atomic E-state index is 12.7. The predicted molar refractivity (Wildman–Crippen MR) is 95.8 cm³/mol. The van der Waals surface area contributed by atoms with Gasteiger partial charge in [-0.1, -0.05) is 30.3 Å². The van der Waals surface area contributed by atoms with E-state index in [-0.39, 0.29) is 5.69 Å². The molecule has 1 aliphatic heterocycles. The lowest BCUT2D eigenvalue weighted by Crippen LogP contribution is -2.42. The van der Waals surface area contributed by atoms with Gasteiger partial charge in [-0.2, -0.15) is 0 Å². The summed E-state index contributed by atoms with van der Waals surface area (Å²) in [5, 5.41) is 5.00. The van der Waals surface area contributed by atoms with Crippen molar-refractivity contribution in [2.45, 2.75) is 18.8 Å². The highest BCUT2D eigenvalue weighted by Crippen LogP contribution is 2.28. The molecule has 29 heavy (non-hydrogen) atoms. The van der Waals surface area contributed by atoms with Crippen LogP contribution in [0.25, 0.3) is 0 Å². The lowest BCUT2D eigenvalue weighted by atomic mass is 9.92. The quantitative estimate of drug-likeness (QED) is 0.746. The van der Waals surface area contributed by atoms with Crippen LogP contribution >= 0.6 is 0 Å². The fraction of sp³-hybridized carbons (Fsp3) is 0.211. The van der Waals surface area contributed by atoms with E-state index in [1.165, 1.54) is 12.1 Å². The Morgan fingerprint density at radius 1 is 1.10 bits per heavy atom. The first-order valence-corrected chi connectivity index (χ1v) is 8.44. The summed E-state index contributed by atoms with van der Waals surface area (Å²) in [6.45, 7) is 0.994. The molecule has 4 amide bonds. The zero-order chi connectivity index (χ0) is 21.2. The molecule has 7 nitrogen and oxygen atoms in total. The Labute approximate surface area is 163 Å². The third-order valence-electron chi connectivity index (χ3n) is 4.30. The number of ether oxygens (including phenoxy) is 1. The Bertz CT molecular complexity index is 932. The topological polar surface area (TPSA) is 87.7 Å². The standard InChI is InChI=1S/C19H16F3N3O4/c1-18(12-5-3-2-4-6-12)16(27)25(17(28)24-18)11-15(26)23-13-7-9-14(10-8-13)29-19(20,21)22/h2-10H,11H2,1H3,(H,23,26)(H,24,28)/t18-/m1/s1. The Hall–Kier alpha value is -3.56. The number of rotatable bonds is 5. The van der Waals surface area contributed by atoms with E-state index >= 15 is 0 Å². The number of carbonyl (C=O) groups is 3. The fourth-order valence-electron chi connectivity index (χ4n) is 2.89. The summed E-state index contributed by atoms with van der Waals surface area (Å²) in [5.74, 6) is -1.71. The molecule has 1 aliphatic rings. The molecular formula is C19H16F3N3O4. The zero-order valence-electron chi connectivity index (χ0n) is 15.1. The van der Waals surface area contributed by atoms with Crippen LogP contribution in [-0.2, 0) is 15.1 Å². The van der Waals surface area contributed by atoms with E-state index in [1.807, 2.05) is 0 Å². The molecule has 2 N–H and O–H groups in total. The van der Waals surface area contributed by atoms with Gasteiger partial charge < -0.3 is 15.4 Å². The van der Waals surface area contributed by atoms with Crippen molar-refractivity contribution in [3.8, 4) is 5.75 Å². The van der Waals surface area contributed by atoms with Crippen LogP contribution in [0.15, 0.2) is 54.6 Å². The first kappa shape index (κ1) is 20.2. The Morgan fingerprint density at radius 3 is 2.31 bits per heavy atom. The molecule has 0 spiro atoms. The second kappa shape index (κ2) is 7.46. The largest absolute Gasteiger partial charge is 0.573 e. The summed E-state index contributed by atoms with van der Waals surface area (Å²) in [5.41, 5.74) is -0.543. The number of benzene rings is 2. The highest BCUT2D eigenvalue weighted by atomic mass is 19.4. The molecule has 0 bridgehead atoms. The van der Waals surface area contributed by atoms with Gasteiger partial charge in [0.25, 0.3) is 5.91 Å². The molecular weight excluding hydrogens is 391 g/mol. The number of nitrogens with zero attached hydrogens (tertiary/aromatic N) is 1. The summed E-state index contributed by atoms with van der Waals surface area (Å²) in [6, 6.07) is 12.3. The monoisotopic (exact) mass is 407 g/mol. The van der Waals surface area contributed by atoms with E-state index in [0.717, 1.165) is 17.0 Å². The van der Waals surface area contributed by atoms with Gasteiger partial charge in [0, 0.05) is 5.69 Å². The third kappa shape index (κ3) is 4.48. The number of halogens is 3. The van der Waals surface area contributed by atoms with Gasteiger partial charge in [0.15, 0.2) is 0 Å². The van der Waals surface area contributed by atoms with Crippen LogP contribution in [0.1, 0.15) is 12.5 Å². The molecule has 152 valence electrons. The van der Waals surface area contributed by atoms with Crippen molar-refractivity contribution in [1.29, 1.82) is 0 Å². The maximum atomic E-state index is 12.7. The predicted octanol–water partition coefficient (Wildman–Crippen LogP) is 2.99. The highest BCUT2D eigenvalue weighted by Gasteiger charge is 2.49. The molecule has 2 aromatic carbocycles. The minimum absolute atomic E-state index is 0.183. The minimum Gasteiger partial charge on any atom is -0.406 e. The molecule has 1 atom stereocenters. The summed E-state index contributed by atoms with van der Waals surface area (Å²) in [4.78, 5) is 38.0. The lowest BCUT2D eigenvalue weighted by Gasteiger charge is -2.22. The molecule has 0 aromatic heterocycles. The summed E-state index contributed by atoms with van der Waals surface area (Å²) < 4.78 is 40.3. The van der Waals surface area contributed by atoms with E-state index in [4.69, 9.17) is 0 Å². The van der Waals surface area contributed by atoms with Gasteiger partial charge in [-0.15, -0.1) is 13.2 Å². The van der Waals surface area contributed by atoms with Crippen molar-refractivity contribution in [1.82, 2.24) is 10.2 Å². The smallest absolute Gasteiger partial charge is 0.406 e. The van der Waals surface area contributed by atoms with Gasteiger partial charge in [0.05, 0.1) is 0 Å². The van der Waals surface area contributed by atoms with Crippen molar-refractivity contribution < 1.29 is 32.3 Å². The van der Waals surface area contributed by atoms with E-state index in [9.17, 15) is 27.6 Å². The van der Waals surface area contributed by atoms with Crippen molar-refractivity contribution >= 4 is 23.5 Å². The second-order valence-corrected chi connectivity index (χ2v) is 6.43. The number of imide groups is 1. The molecule has 0 aliphatic carbocycles. The number of hydrogen-bond acceptors (Lipinski definition) is 4. The van der Waals surface area contributed by atoms with Crippen LogP contribution in [0.3, 0.4) is 0 Å². The fourth-order valence-corrected chi connectivity index (χ4v) is 2.89. The number of urea groups is 1. The van der Waals surface area contributed by atoms with Crippen LogP contribution in [0, 0.1) is 0 Å². The lowest BCUT2D eigenvalue weighted by molar-refractivity contribution is -0.274. The SMILES string of the molecule is C[C@]1(c2ccccc2)NC(=O)N(CC(=O)Nc2ccc(OC(F)(F)F)cc2)C1=O. The number of anilines is 1. The molecule has 1 heterocycles. The molecule has 3 rings (SSSR count). The normalized spacial score (nSPS) is 19.1. The number of carbonyl (C=O) groups excluding carboxylic acids is 3. The van der Waals surface area contributed by atoms with E-state index in [1.54, 1.807) is 37.3 Å². The average Bonchev–Trinajstić information content (AvgIpc) is 2.87. The van der Waals surface area contributed by atoms with E-state index in [2.05, 4.69) is 15.4 Å². The van der Waals surface area contributed by atoms with Crippen LogP contribution in [0.2, 0.25) is 0 Å². The first-order valence-electron chi connectivity index (χ1n) is 8.44. The Kier molecular flexibility index (Phi) is 5.19. The van der Waals surface area contributed by atoms with Gasteiger partial charge in [-0.3, -0.25) is 14.5 Å². The van der Waals surface area contributed by atoms with Gasteiger partial charge in [0.2, 0.25) is 5.91 Å². The number of nitrogens with one attached hydrogen (secondary N) is 2. The summed E-state index contributed by atoms with van der Waals surface area (Å²) in [7, 11) is 0. The van der Waals surface area contributed by atoms with E-state index in [0.29, 0.717) is 5.56 Å². The molecule has 2 aromatic rings. The molecule has 0 radical (unpaired) electrons. The third-order valence-corrected chi connectivity index (χ3v) is 4.30. The molecule has 10 heteroatoms. The Morgan fingerprint density at radius 2 is 1.72 bits per heavy atom. The van der Waals surface area contributed by atoms with Crippen LogP contribution in [0.5, 0.6) is 5.75 Å². The van der Waals surface area contributed by atoms with Crippen molar-refractivity contribution in [3.05, 3.63) is 60.2 Å². The van der Waals surface area contributed by atoms with Gasteiger partial charge in [-0.25, -0.2) is 4.79 Å². The van der Waals surface area contributed by atoms with Crippen LogP contribution < -0.4 is 15.4 Å². The number of alkyl halides is 3.